The quantitative estimate of drug-likeness (QED) is 0.0213. The number of carbonyl (C=O) groups is 11. The molecule has 2 aromatic carbocycles. The molecule has 1 aliphatic heterocycles. The van der Waals surface area contributed by atoms with Crippen LogP contribution in [0.2, 0.25) is 0 Å². The number of thioether (sulfide) groups is 1. The third kappa shape index (κ3) is 20.9. The van der Waals surface area contributed by atoms with Gasteiger partial charge in [-0.2, -0.15) is 0 Å². The van der Waals surface area contributed by atoms with Crippen molar-refractivity contribution in [1.29, 1.82) is 0 Å². The van der Waals surface area contributed by atoms with Gasteiger partial charge >= 0.3 is 0 Å². The minimum absolute atomic E-state index is 0.0194. The number of hydrogen-bond donors (Lipinski definition) is 15. The van der Waals surface area contributed by atoms with Crippen molar-refractivity contribution < 1.29 is 72.8 Å². The number of nitrogens with one attached hydrogen (secondary N) is 10. The van der Waals surface area contributed by atoms with Gasteiger partial charge in [-0.05, 0) is 75.0 Å². The summed E-state index contributed by atoms with van der Waals surface area (Å²) in [5.74, 6) is -7.97. The van der Waals surface area contributed by atoms with E-state index >= 15 is 0 Å². The first kappa shape index (κ1) is 70.9. The number of aromatic nitrogens is 1. The van der Waals surface area contributed by atoms with Crippen molar-refractivity contribution in [2.24, 2.45) is 29.2 Å². The summed E-state index contributed by atoms with van der Waals surface area (Å²) in [6.07, 6.45) is -2.29. The number of ether oxygens (including phenoxy) is 1. The molecule has 17 N–H and O–H groups in total. The minimum Gasteiger partial charge on any atom is -0.489 e. The topological polar surface area (TPSA) is 437 Å². The van der Waals surface area contributed by atoms with Crippen LogP contribution < -0.4 is 64.1 Å². The van der Waals surface area contributed by atoms with E-state index in [1.165, 1.54) is 13.8 Å². The van der Waals surface area contributed by atoms with Gasteiger partial charge < -0.3 is 94.1 Å². The van der Waals surface area contributed by atoms with Crippen LogP contribution in [0.4, 0.5) is 5.69 Å². The molecule has 0 bridgehead atoms. The Balaban J connectivity index is 1.46. The molecule has 1 unspecified atom stereocenters. The lowest BCUT2D eigenvalue weighted by Gasteiger charge is -2.28. The summed E-state index contributed by atoms with van der Waals surface area (Å²) in [5.41, 5.74) is 14.1. The average molecular weight is 1220 g/mol. The number of amides is 9. The fraction of sp³-hybridized carbons (Fsp3) is 0.561. The van der Waals surface area contributed by atoms with Gasteiger partial charge in [0.15, 0.2) is 5.78 Å². The molecule has 29 heteroatoms. The van der Waals surface area contributed by atoms with E-state index in [0.29, 0.717) is 34.7 Å². The predicted molar refractivity (Wildman–Crippen MR) is 318 cm³/mol. The lowest BCUT2D eigenvalue weighted by atomic mass is 9.96. The number of likely N-dealkylation sites (N-methyl/N-ethyl adjacent to an activating group) is 1. The summed E-state index contributed by atoms with van der Waals surface area (Å²) in [4.78, 5) is 148. The van der Waals surface area contributed by atoms with E-state index in [1.807, 2.05) is 26.8 Å². The van der Waals surface area contributed by atoms with E-state index < -0.39 is 146 Å². The summed E-state index contributed by atoms with van der Waals surface area (Å²) in [6, 6.07) is 3.45. The van der Waals surface area contributed by atoms with Gasteiger partial charge in [-0.25, -0.2) is 0 Å². The molecule has 86 heavy (non-hydrogen) atoms. The number of aldehydes is 1. The van der Waals surface area contributed by atoms with Crippen molar-refractivity contribution in [3.63, 3.8) is 0 Å². The molecular formula is C57H85N13O15S. The van der Waals surface area contributed by atoms with Gasteiger partial charge in [0.05, 0.1) is 73.0 Å². The Morgan fingerprint density at radius 2 is 1.52 bits per heavy atom. The standard InChI is InChI=1S/C57H85N13O15S/c1-10-29(4)50(69-46(77)21-61-20-36(24-71)65-53(81)48(59)31(6)44(75)25-72)54(82)62-22-47(78)66-42(52(80)67-41(19-45(58)76)57(84)70-23-37(74)17-43(70)33(8)73)27-86-56-30(5)39-16-15-38(18-40(39)68-56)85-26-34-11-13-35(14-12-34)64-51(79)32(7)63-55(83)49(60-9)28(2)3/h11-16,18,24,28-29,31-32,36-37,41-44,48-50,60-61,68,72,74-75H,10,17,19-23,25-27,59H2,1-9H3,(H2,58,76)(H,62,82)(H,63,83)(H,64,79)(H,65,81)(H,66,78)(H,67,80)(H,69,77)/t29-,31-,32-,36?,37+,41-,42-,43-,44-,48-,49-,50-/m0/s1. The number of fused-ring (bicyclic) bond motifs is 1. The maximum Gasteiger partial charge on any atom is 0.246 e. The number of carbonyl (C=O) groups excluding carboxylic acids is 11. The summed E-state index contributed by atoms with van der Waals surface area (Å²) >= 11 is 1.13. The van der Waals surface area contributed by atoms with Crippen molar-refractivity contribution in [3.8, 4) is 5.75 Å². The highest BCUT2D eigenvalue weighted by molar-refractivity contribution is 7.99. The first-order valence-electron chi connectivity index (χ1n) is 28.3. The van der Waals surface area contributed by atoms with Crippen molar-refractivity contribution >= 4 is 93.6 Å². The molecule has 28 nitrogen and oxygen atoms in total. The van der Waals surface area contributed by atoms with Gasteiger partial charge in [-0.1, -0.05) is 53.2 Å². The second-order valence-electron chi connectivity index (χ2n) is 21.8. The van der Waals surface area contributed by atoms with Crippen LogP contribution in [0.5, 0.6) is 5.75 Å². The van der Waals surface area contributed by atoms with Crippen LogP contribution in [0.3, 0.4) is 0 Å². The molecule has 12 atom stereocenters. The summed E-state index contributed by atoms with van der Waals surface area (Å²) < 4.78 is 6.12. The van der Waals surface area contributed by atoms with Crippen molar-refractivity contribution in [3.05, 3.63) is 53.6 Å². The van der Waals surface area contributed by atoms with Crippen LogP contribution in [0.1, 0.15) is 78.9 Å². The monoisotopic (exact) mass is 1220 g/mol. The van der Waals surface area contributed by atoms with Gasteiger partial charge in [-0.15, -0.1) is 11.8 Å². The number of ketones is 1. The second kappa shape index (κ2) is 34.0. The largest absolute Gasteiger partial charge is 0.489 e. The van der Waals surface area contributed by atoms with E-state index in [2.05, 4.69) is 52.8 Å². The molecule has 4 rings (SSSR count). The Kier molecular flexibility index (Phi) is 28.0. The molecule has 1 aliphatic rings. The number of aryl methyl sites for hydroxylation is 1. The first-order valence-corrected chi connectivity index (χ1v) is 29.3. The molecule has 0 saturated carbocycles. The normalized spacial score (nSPS) is 17.5. The summed E-state index contributed by atoms with van der Waals surface area (Å²) in [5, 5.41) is 54.6. The van der Waals surface area contributed by atoms with E-state index in [0.717, 1.165) is 33.2 Å². The second-order valence-corrected chi connectivity index (χ2v) is 22.9. The predicted octanol–water partition coefficient (Wildman–Crippen LogP) is -2.53. The Hall–Kier alpha value is -7.54. The number of aromatic amines is 1. The Bertz CT molecular complexity index is 2870. The SMILES string of the molecule is CC[C@H](C)[C@H](NC(=O)CNCC(C=O)NC(=O)[C@@H](N)[C@@H](C)[C@@H](O)CO)C(=O)NCC(=O)N[C@@H](CSc1[nH]c2cc(OCc3ccc(NC(=O)[C@H](C)NC(=O)[C@@H](NC)C(C)C)cc3)ccc2c1C)C(=O)N[C@@H](CC(N)=O)C(=O)N1C[C@H](O)C[C@H]1C(C)=O. The number of H-pyrrole nitrogens is 1. The smallest absolute Gasteiger partial charge is 0.246 e. The van der Waals surface area contributed by atoms with Gasteiger partial charge in [0.1, 0.15) is 42.8 Å². The zero-order valence-electron chi connectivity index (χ0n) is 49.9. The van der Waals surface area contributed by atoms with E-state index in [1.54, 1.807) is 64.2 Å². The molecule has 2 heterocycles. The fourth-order valence-electron chi connectivity index (χ4n) is 9.28. The Morgan fingerprint density at radius 1 is 0.849 bits per heavy atom. The van der Waals surface area contributed by atoms with Gasteiger partial charge in [0.2, 0.25) is 53.2 Å². The number of Topliss-reactive ketones (excluding diaryl/α,β-unsaturated/α-hetero) is 1. The number of nitrogens with two attached hydrogens (primary N) is 2. The van der Waals surface area contributed by atoms with E-state index in [-0.39, 0.29) is 49.6 Å². The van der Waals surface area contributed by atoms with Gasteiger partial charge in [0.25, 0.3) is 0 Å². The first-order chi connectivity index (χ1) is 40.6. The Morgan fingerprint density at radius 3 is 2.13 bits per heavy atom. The van der Waals surface area contributed by atoms with Crippen molar-refractivity contribution in [2.75, 3.05) is 50.9 Å². The van der Waals surface area contributed by atoms with Crippen LogP contribution in [-0.2, 0) is 59.3 Å². The van der Waals surface area contributed by atoms with Gasteiger partial charge in [0, 0.05) is 48.3 Å². The van der Waals surface area contributed by atoms with Crippen LogP contribution >= 0.6 is 11.8 Å². The number of rotatable bonds is 35. The molecule has 0 aliphatic carbocycles. The third-order valence-corrected chi connectivity index (χ3v) is 16.0. The number of benzene rings is 2. The lowest BCUT2D eigenvalue weighted by Crippen LogP contribution is -2.58. The highest BCUT2D eigenvalue weighted by atomic mass is 32.2. The zero-order valence-corrected chi connectivity index (χ0v) is 50.8. The number of hydrogen-bond acceptors (Lipinski definition) is 19. The molecule has 0 spiro atoms. The van der Waals surface area contributed by atoms with Gasteiger partial charge in [-0.3, -0.25) is 47.9 Å². The molecule has 3 aromatic rings. The van der Waals surface area contributed by atoms with Crippen molar-refractivity contribution in [1.82, 2.24) is 52.4 Å². The third-order valence-electron chi connectivity index (χ3n) is 14.8. The fourth-order valence-corrected chi connectivity index (χ4v) is 10.4. The maximum absolute atomic E-state index is 14.3. The molecular weight excluding hydrogens is 1140 g/mol. The minimum atomic E-state index is -1.61. The lowest BCUT2D eigenvalue weighted by molar-refractivity contribution is -0.142. The molecule has 1 saturated heterocycles. The van der Waals surface area contributed by atoms with Crippen LogP contribution in [-0.4, -0.2) is 197 Å². The number of β-amino-alcohol motifs (C(OH)–C–C–N with tert-alkyl or cyclic N) is 1. The summed E-state index contributed by atoms with van der Waals surface area (Å²) in [7, 11) is 1.68. The van der Waals surface area contributed by atoms with Crippen LogP contribution in [0.15, 0.2) is 47.5 Å². The van der Waals surface area contributed by atoms with E-state index in [9.17, 15) is 68.1 Å². The van der Waals surface area contributed by atoms with Crippen LogP contribution in [0, 0.1) is 24.7 Å². The number of likely N-dealkylation sites (tertiary alicyclic amines) is 1. The molecule has 9 amide bonds. The van der Waals surface area contributed by atoms with E-state index in [4.69, 9.17) is 16.2 Å². The molecule has 1 fully saturated rings. The van der Waals surface area contributed by atoms with Crippen molar-refractivity contribution in [2.45, 2.75) is 147 Å². The molecule has 0 radical (unpaired) electrons. The number of aliphatic hydroxyl groups excluding tert-OH is 3. The zero-order chi connectivity index (χ0) is 64.1. The number of aliphatic hydroxyl groups is 3. The molecule has 1 aromatic heterocycles. The number of primary amides is 1. The maximum atomic E-state index is 14.3. The number of anilines is 1. The van der Waals surface area contributed by atoms with Crippen LogP contribution in [0.25, 0.3) is 10.9 Å². The highest BCUT2D eigenvalue weighted by Crippen LogP contribution is 2.32. The summed E-state index contributed by atoms with van der Waals surface area (Å²) in [6.45, 7) is 11.3. The average Bonchev–Trinajstić information content (AvgIpc) is 3.14. The Labute approximate surface area is 503 Å². The number of nitrogens with zero attached hydrogens (tertiary/aromatic N) is 1. The highest BCUT2D eigenvalue weighted by Gasteiger charge is 2.41. The molecule has 474 valence electrons.